The number of rotatable bonds is 7. The Morgan fingerprint density at radius 2 is 2.00 bits per heavy atom. The van der Waals surface area contributed by atoms with Crippen LogP contribution in [0.2, 0.25) is 0 Å². The maximum atomic E-state index is 12.4. The lowest BCUT2D eigenvalue weighted by Crippen LogP contribution is -2.30. The molecule has 0 aromatic heterocycles. The van der Waals surface area contributed by atoms with Crippen molar-refractivity contribution >= 4 is 10.0 Å². The zero-order chi connectivity index (χ0) is 14.5. The Labute approximate surface area is 113 Å². The number of likely N-dealkylation sites (N-methyl/N-ethyl adjacent to an activating group) is 1. The molecule has 7 heteroatoms. The van der Waals surface area contributed by atoms with E-state index in [4.69, 9.17) is 14.6 Å². The fourth-order valence-corrected chi connectivity index (χ4v) is 2.89. The third-order valence-electron chi connectivity index (χ3n) is 2.71. The Balaban J connectivity index is 3.18. The molecule has 0 aliphatic carbocycles. The minimum absolute atomic E-state index is 0.0418. The average molecular weight is 289 g/mol. The first kappa shape index (κ1) is 15.9. The van der Waals surface area contributed by atoms with Crippen LogP contribution in [-0.2, 0) is 21.4 Å². The second-order valence-corrected chi connectivity index (χ2v) is 5.98. The topological polar surface area (TPSA) is 76.1 Å². The van der Waals surface area contributed by atoms with Gasteiger partial charge in [-0.15, -0.1) is 0 Å². The molecular weight excluding hydrogens is 270 g/mol. The minimum Gasteiger partial charge on any atom is -0.495 e. The van der Waals surface area contributed by atoms with E-state index in [1.54, 1.807) is 6.07 Å². The SMILES string of the molecule is COCCN(C)S(=O)(=O)c1cc(CO)ccc1OC. The summed E-state index contributed by atoms with van der Waals surface area (Å²) in [7, 11) is 0.715. The molecule has 0 spiro atoms. The number of hydrogen-bond donors (Lipinski definition) is 1. The lowest BCUT2D eigenvalue weighted by Gasteiger charge is -2.19. The van der Waals surface area contributed by atoms with Crippen LogP contribution in [0.25, 0.3) is 0 Å². The first-order chi connectivity index (χ1) is 8.97. The zero-order valence-corrected chi connectivity index (χ0v) is 12.1. The van der Waals surface area contributed by atoms with Crippen molar-refractivity contribution in [1.29, 1.82) is 0 Å². The third kappa shape index (κ3) is 3.66. The highest BCUT2D eigenvalue weighted by Crippen LogP contribution is 2.27. The predicted molar refractivity (Wildman–Crippen MR) is 70.6 cm³/mol. The van der Waals surface area contributed by atoms with Crippen molar-refractivity contribution in [3.63, 3.8) is 0 Å². The molecule has 1 N–H and O–H groups in total. The quantitative estimate of drug-likeness (QED) is 0.789. The highest BCUT2D eigenvalue weighted by Gasteiger charge is 2.24. The van der Waals surface area contributed by atoms with Crippen LogP contribution in [0.1, 0.15) is 5.56 Å². The minimum atomic E-state index is -3.67. The van der Waals surface area contributed by atoms with E-state index in [0.29, 0.717) is 12.2 Å². The standard InChI is InChI=1S/C12H19NO5S/c1-13(6-7-17-2)19(15,16)12-8-10(9-14)4-5-11(12)18-3/h4-5,8,14H,6-7,9H2,1-3H3. The van der Waals surface area contributed by atoms with Crippen LogP contribution in [0.15, 0.2) is 23.1 Å². The fourth-order valence-electron chi connectivity index (χ4n) is 1.53. The summed E-state index contributed by atoms with van der Waals surface area (Å²) in [4.78, 5) is 0.0418. The molecule has 108 valence electrons. The van der Waals surface area contributed by atoms with Gasteiger partial charge in [0.2, 0.25) is 10.0 Å². The monoisotopic (exact) mass is 289 g/mol. The van der Waals surface area contributed by atoms with E-state index in [1.807, 2.05) is 0 Å². The van der Waals surface area contributed by atoms with Crippen LogP contribution in [0.3, 0.4) is 0 Å². The molecular formula is C12H19NO5S. The molecule has 0 saturated heterocycles. The van der Waals surface area contributed by atoms with Gasteiger partial charge >= 0.3 is 0 Å². The number of aliphatic hydroxyl groups is 1. The summed E-state index contributed by atoms with van der Waals surface area (Å²) in [6, 6.07) is 4.56. The van der Waals surface area contributed by atoms with Gasteiger partial charge in [0.1, 0.15) is 10.6 Å². The van der Waals surface area contributed by atoms with Gasteiger partial charge in [0.25, 0.3) is 0 Å². The van der Waals surface area contributed by atoms with Crippen LogP contribution in [0.5, 0.6) is 5.75 Å². The van der Waals surface area contributed by atoms with Crippen molar-refractivity contribution in [1.82, 2.24) is 4.31 Å². The molecule has 0 aliphatic rings. The number of methoxy groups -OCH3 is 2. The second-order valence-electron chi connectivity index (χ2n) is 3.96. The largest absolute Gasteiger partial charge is 0.495 e. The van der Waals surface area contributed by atoms with Crippen LogP contribution < -0.4 is 4.74 Å². The van der Waals surface area contributed by atoms with Gasteiger partial charge in [-0.2, -0.15) is 4.31 Å². The molecule has 19 heavy (non-hydrogen) atoms. The number of benzene rings is 1. The lowest BCUT2D eigenvalue weighted by atomic mass is 10.2. The second kappa shape index (κ2) is 6.85. The van der Waals surface area contributed by atoms with Gasteiger partial charge in [0.05, 0.1) is 20.3 Å². The van der Waals surface area contributed by atoms with E-state index < -0.39 is 10.0 Å². The Morgan fingerprint density at radius 1 is 1.32 bits per heavy atom. The van der Waals surface area contributed by atoms with Crippen molar-refractivity contribution in [2.75, 3.05) is 34.4 Å². The van der Waals surface area contributed by atoms with Crippen molar-refractivity contribution in [3.05, 3.63) is 23.8 Å². The summed E-state index contributed by atoms with van der Waals surface area (Å²) < 4.78 is 35.9. The maximum Gasteiger partial charge on any atom is 0.246 e. The van der Waals surface area contributed by atoms with E-state index in [9.17, 15) is 8.42 Å². The summed E-state index contributed by atoms with van der Waals surface area (Å²) in [6.07, 6.45) is 0. The molecule has 0 fully saturated rings. The van der Waals surface area contributed by atoms with E-state index in [0.717, 1.165) is 0 Å². The molecule has 0 unspecified atom stereocenters. The number of nitrogens with zero attached hydrogens (tertiary/aromatic N) is 1. The van der Waals surface area contributed by atoms with Crippen LogP contribution in [0.4, 0.5) is 0 Å². The molecule has 0 bridgehead atoms. The van der Waals surface area contributed by atoms with Gasteiger partial charge in [-0.05, 0) is 17.7 Å². The van der Waals surface area contributed by atoms with Crippen LogP contribution in [-0.4, -0.2) is 52.2 Å². The molecule has 0 radical (unpaired) electrons. The van der Waals surface area contributed by atoms with Crippen molar-refractivity contribution in [3.8, 4) is 5.75 Å². The predicted octanol–water partition coefficient (Wildman–Crippen LogP) is 0.454. The Bertz CT molecular complexity index is 515. The van der Waals surface area contributed by atoms with Crippen LogP contribution in [0, 0.1) is 0 Å². The smallest absolute Gasteiger partial charge is 0.246 e. The van der Waals surface area contributed by atoms with Crippen molar-refractivity contribution < 1.29 is 23.0 Å². The molecule has 0 heterocycles. The molecule has 1 aromatic carbocycles. The third-order valence-corrected chi connectivity index (χ3v) is 4.59. The maximum absolute atomic E-state index is 12.4. The summed E-state index contributed by atoms with van der Waals surface area (Å²) in [5, 5.41) is 9.10. The van der Waals surface area contributed by atoms with Gasteiger partial charge < -0.3 is 14.6 Å². The molecule has 0 saturated carbocycles. The zero-order valence-electron chi connectivity index (χ0n) is 11.3. The Hall–Kier alpha value is -1.15. The van der Waals surface area contributed by atoms with Gasteiger partial charge in [0.15, 0.2) is 0 Å². The summed E-state index contributed by atoms with van der Waals surface area (Å²) >= 11 is 0. The van der Waals surface area contributed by atoms with Gasteiger partial charge in [-0.3, -0.25) is 0 Å². The van der Waals surface area contributed by atoms with E-state index in [2.05, 4.69) is 0 Å². The summed E-state index contributed by atoms with van der Waals surface area (Å²) in [6.45, 7) is 0.317. The molecule has 0 amide bonds. The first-order valence-electron chi connectivity index (χ1n) is 5.70. The van der Waals surface area contributed by atoms with Gasteiger partial charge in [-0.1, -0.05) is 6.07 Å². The summed E-state index contributed by atoms with van der Waals surface area (Å²) in [5.74, 6) is 0.251. The van der Waals surface area contributed by atoms with E-state index in [-0.39, 0.29) is 23.8 Å². The Kier molecular flexibility index (Phi) is 5.74. The number of aliphatic hydroxyl groups excluding tert-OH is 1. The molecule has 0 atom stereocenters. The van der Waals surface area contributed by atoms with E-state index in [1.165, 1.54) is 37.7 Å². The molecule has 6 nitrogen and oxygen atoms in total. The highest BCUT2D eigenvalue weighted by atomic mass is 32.2. The number of sulfonamides is 1. The number of ether oxygens (including phenoxy) is 2. The average Bonchev–Trinajstić information content (AvgIpc) is 2.43. The molecule has 0 aliphatic heterocycles. The highest BCUT2D eigenvalue weighted by molar-refractivity contribution is 7.89. The van der Waals surface area contributed by atoms with Crippen molar-refractivity contribution in [2.45, 2.75) is 11.5 Å². The fraction of sp³-hybridized carbons (Fsp3) is 0.500. The number of hydrogen-bond acceptors (Lipinski definition) is 5. The van der Waals surface area contributed by atoms with Crippen LogP contribution >= 0.6 is 0 Å². The lowest BCUT2D eigenvalue weighted by molar-refractivity contribution is 0.185. The Morgan fingerprint density at radius 3 is 2.53 bits per heavy atom. The molecule has 1 rings (SSSR count). The molecule has 1 aromatic rings. The van der Waals surface area contributed by atoms with E-state index >= 15 is 0 Å². The van der Waals surface area contributed by atoms with Gasteiger partial charge in [-0.25, -0.2) is 8.42 Å². The normalized spacial score (nSPS) is 11.8. The van der Waals surface area contributed by atoms with Crippen molar-refractivity contribution in [2.24, 2.45) is 0 Å². The summed E-state index contributed by atoms with van der Waals surface area (Å²) in [5.41, 5.74) is 0.513. The van der Waals surface area contributed by atoms with Gasteiger partial charge in [0, 0.05) is 20.7 Å². The first-order valence-corrected chi connectivity index (χ1v) is 7.14.